The number of halogens is 3. The van der Waals surface area contributed by atoms with Crippen LogP contribution in [0.5, 0.6) is 0 Å². The number of nitrogens with one attached hydrogen (secondary N) is 1. The number of carboxylic acids is 1. The van der Waals surface area contributed by atoms with Crippen molar-refractivity contribution in [1.29, 1.82) is 0 Å². The summed E-state index contributed by atoms with van der Waals surface area (Å²) >= 11 is 0. The number of rotatable bonds is 3. The molecule has 2 N–H and O–H groups in total. The highest BCUT2D eigenvalue weighted by molar-refractivity contribution is 7.89. The van der Waals surface area contributed by atoms with Gasteiger partial charge in [-0.05, 0) is 30.9 Å². The summed E-state index contributed by atoms with van der Waals surface area (Å²) in [5, 5.41) is 9.59. The van der Waals surface area contributed by atoms with Gasteiger partial charge in [0.1, 0.15) is 11.2 Å². The lowest BCUT2D eigenvalue weighted by Crippen LogP contribution is -2.41. The van der Waals surface area contributed by atoms with Crippen LogP contribution in [0.4, 0.5) is 13.2 Å². The van der Waals surface area contributed by atoms with E-state index in [2.05, 4.69) is 17.2 Å². The second-order valence-corrected chi connectivity index (χ2v) is 10.5. The van der Waals surface area contributed by atoms with Crippen molar-refractivity contribution in [3.8, 4) is 5.69 Å². The number of carbonyl (C=O) groups excluding carboxylic acids is 2. The highest BCUT2D eigenvalue weighted by atomic mass is 32.2. The summed E-state index contributed by atoms with van der Waals surface area (Å²) in [7, 11) is -2.48. The molecule has 2 amide bonds. The predicted molar refractivity (Wildman–Crippen MR) is 123 cm³/mol. The Kier molecular flexibility index (Phi) is 8.27. The maximum Gasteiger partial charge on any atom is 0.490 e. The minimum atomic E-state index is -5.08. The number of benzene rings is 1. The van der Waals surface area contributed by atoms with Crippen molar-refractivity contribution in [1.82, 2.24) is 24.1 Å². The van der Waals surface area contributed by atoms with Crippen LogP contribution in [0.1, 0.15) is 35.9 Å². The van der Waals surface area contributed by atoms with E-state index in [1.54, 1.807) is 27.7 Å². The normalized spacial score (nSPS) is 18.9. The topological polar surface area (TPSA) is 142 Å². The molecule has 15 heteroatoms. The average Bonchev–Trinajstić information content (AvgIpc) is 3.22. The zero-order chi connectivity index (χ0) is 27.5. The van der Waals surface area contributed by atoms with E-state index in [0.29, 0.717) is 30.4 Å². The Balaban J connectivity index is 0.000000479. The van der Waals surface area contributed by atoms with Crippen LogP contribution in [0.3, 0.4) is 0 Å². The molecule has 1 unspecified atom stereocenters. The van der Waals surface area contributed by atoms with Crippen LogP contribution in [0.25, 0.3) is 5.69 Å². The molecule has 1 fully saturated rings. The number of hydrogen-bond acceptors (Lipinski definition) is 6. The summed E-state index contributed by atoms with van der Waals surface area (Å²) in [6, 6.07) is 6.56. The number of likely N-dealkylation sites (N-methyl/N-ethyl adjacent to an activating group) is 1. The van der Waals surface area contributed by atoms with Crippen LogP contribution in [-0.2, 0) is 26.2 Å². The molecule has 2 aromatic rings. The molecule has 1 saturated heterocycles. The fourth-order valence-corrected chi connectivity index (χ4v) is 5.62. The van der Waals surface area contributed by atoms with Crippen molar-refractivity contribution >= 4 is 27.8 Å². The van der Waals surface area contributed by atoms with E-state index in [4.69, 9.17) is 9.90 Å². The van der Waals surface area contributed by atoms with Gasteiger partial charge in [-0.2, -0.15) is 17.5 Å². The second kappa shape index (κ2) is 10.9. The number of piperidine rings is 1. The molecular formula is C22H26F3N5O6S. The fraction of sp³-hybridized carbons (Fsp3) is 0.455. The molecule has 1 aromatic heterocycles. The third kappa shape index (κ3) is 6.10. The number of fused-ring (bicyclic) bond motifs is 3. The lowest BCUT2D eigenvalue weighted by molar-refractivity contribution is -0.192. The summed E-state index contributed by atoms with van der Waals surface area (Å²) < 4.78 is 61.1. The summed E-state index contributed by atoms with van der Waals surface area (Å²) in [5.41, 5.74) is 1.12. The van der Waals surface area contributed by atoms with E-state index in [1.807, 2.05) is 0 Å². The molecule has 202 valence electrons. The third-order valence-corrected chi connectivity index (χ3v) is 7.76. The summed E-state index contributed by atoms with van der Waals surface area (Å²) in [6.45, 7) is 2.97. The SMILES string of the molecule is CNC(=O)CN1Cc2c(C(=O)N3CCCC(C)C3)ncn2-c2ccccc2S1(=O)=O.O=C(O)C(F)(F)F. The number of imidazole rings is 1. The lowest BCUT2D eigenvalue weighted by atomic mass is 10.00. The zero-order valence-electron chi connectivity index (χ0n) is 20.0. The highest BCUT2D eigenvalue weighted by Gasteiger charge is 2.38. The molecule has 1 aromatic carbocycles. The van der Waals surface area contributed by atoms with Crippen LogP contribution >= 0.6 is 0 Å². The molecule has 2 aliphatic heterocycles. The lowest BCUT2D eigenvalue weighted by Gasteiger charge is -2.30. The highest BCUT2D eigenvalue weighted by Crippen LogP contribution is 2.31. The predicted octanol–water partition coefficient (Wildman–Crippen LogP) is 1.63. The molecule has 0 aliphatic carbocycles. The number of carbonyl (C=O) groups is 3. The van der Waals surface area contributed by atoms with E-state index in [9.17, 15) is 31.2 Å². The van der Waals surface area contributed by atoms with Crippen LogP contribution in [0.2, 0.25) is 0 Å². The van der Waals surface area contributed by atoms with Gasteiger partial charge in [-0.15, -0.1) is 0 Å². The van der Waals surface area contributed by atoms with Gasteiger partial charge in [0.2, 0.25) is 15.9 Å². The van der Waals surface area contributed by atoms with E-state index < -0.39 is 28.1 Å². The second-order valence-electron chi connectivity index (χ2n) is 8.63. The maximum absolute atomic E-state index is 13.3. The Morgan fingerprint density at radius 2 is 1.86 bits per heavy atom. The summed E-state index contributed by atoms with van der Waals surface area (Å²) in [5.74, 6) is -2.98. The van der Waals surface area contributed by atoms with Gasteiger partial charge in [0, 0.05) is 20.1 Å². The number of sulfonamides is 1. The van der Waals surface area contributed by atoms with Gasteiger partial charge in [-0.3, -0.25) is 14.2 Å². The molecule has 0 saturated carbocycles. The number of nitrogens with zero attached hydrogens (tertiary/aromatic N) is 4. The van der Waals surface area contributed by atoms with Gasteiger partial charge in [0.15, 0.2) is 5.69 Å². The molecule has 37 heavy (non-hydrogen) atoms. The van der Waals surface area contributed by atoms with E-state index in [1.165, 1.54) is 19.4 Å². The monoisotopic (exact) mass is 545 g/mol. The number of amides is 2. The third-order valence-electron chi connectivity index (χ3n) is 5.92. The number of para-hydroxylation sites is 1. The number of carboxylic acid groups (broad SMARTS) is 1. The molecule has 0 bridgehead atoms. The molecule has 0 radical (unpaired) electrons. The first kappa shape index (κ1) is 28.1. The molecule has 3 heterocycles. The number of hydrogen-bond donors (Lipinski definition) is 2. The zero-order valence-corrected chi connectivity index (χ0v) is 20.8. The molecular weight excluding hydrogens is 519 g/mol. The Morgan fingerprint density at radius 1 is 1.22 bits per heavy atom. The Hall–Kier alpha value is -3.46. The molecule has 1 atom stereocenters. The van der Waals surface area contributed by atoms with Gasteiger partial charge in [0.05, 0.1) is 24.5 Å². The minimum Gasteiger partial charge on any atom is -0.475 e. The first-order valence-corrected chi connectivity index (χ1v) is 12.7. The molecule has 0 spiro atoms. The van der Waals surface area contributed by atoms with E-state index in [-0.39, 0.29) is 29.6 Å². The number of alkyl halides is 3. The van der Waals surface area contributed by atoms with Crippen molar-refractivity contribution in [3.63, 3.8) is 0 Å². The Bertz CT molecular complexity index is 1290. The van der Waals surface area contributed by atoms with Gasteiger partial charge >= 0.3 is 12.1 Å². The van der Waals surface area contributed by atoms with Crippen molar-refractivity contribution in [3.05, 3.63) is 42.0 Å². The standard InChI is InChI=1S/C20H25N5O4S.C2HF3O2/c1-14-6-5-9-23(10-14)20(27)19-16-11-24(12-18(26)21-2)30(28,29)17-8-4-3-7-15(17)25(16)13-22-19;3-2(4,5)1(6)7/h3-4,7-8,13-14H,5-6,9-12H2,1-2H3,(H,21,26);(H,6,7). The van der Waals surface area contributed by atoms with E-state index in [0.717, 1.165) is 17.1 Å². The molecule has 4 rings (SSSR count). The van der Waals surface area contributed by atoms with Gasteiger partial charge in [-0.1, -0.05) is 19.1 Å². The largest absolute Gasteiger partial charge is 0.490 e. The minimum absolute atomic E-state index is 0.0793. The first-order valence-electron chi connectivity index (χ1n) is 11.2. The average molecular weight is 546 g/mol. The molecule has 2 aliphatic rings. The summed E-state index contributed by atoms with van der Waals surface area (Å²) in [6.07, 6.45) is -1.58. The van der Waals surface area contributed by atoms with Gasteiger partial charge < -0.3 is 15.3 Å². The van der Waals surface area contributed by atoms with Crippen LogP contribution in [0.15, 0.2) is 35.5 Å². The van der Waals surface area contributed by atoms with Crippen molar-refractivity contribution in [2.45, 2.75) is 37.4 Å². The Morgan fingerprint density at radius 3 is 2.46 bits per heavy atom. The van der Waals surface area contributed by atoms with Crippen molar-refractivity contribution in [2.75, 3.05) is 26.7 Å². The van der Waals surface area contributed by atoms with Crippen LogP contribution in [-0.4, -0.2) is 82.9 Å². The Labute approximate surface area is 210 Å². The fourth-order valence-electron chi connectivity index (χ4n) is 4.08. The smallest absolute Gasteiger partial charge is 0.475 e. The maximum atomic E-state index is 13.3. The first-order chi connectivity index (χ1) is 17.3. The quantitative estimate of drug-likeness (QED) is 0.597. The summed E-state index contributed by atoms with van der Waals surface area (Å²) in [4.78, 5) is 40.4. The van der Waals surface area contributed by atoms with Crippen LogP contribution in [0, 0.1) is 5.92 Å². The number of aliphatic carboxylic acids is 1. The van der Waals surface area contributed by atoms with Gasteiger partial charge in [-0.25, -0.2) is 18.2 Å². The number of aromatic nitrogens is 2. The number of likely N-dealkylation sites (tertiary alicyclic amines) is 1. The molecule has 11 nitrogen and oxygen atoms in total. The van der Waals surface area contributed by atoms with Crippen LogP contribution < -0.4 is 5.32 Å². The van der Waals surface area contributed by atoms with Gasteiger partial charge in [0.25, 0.3) is 5.91 Å². The van der Waals surface area contributed by atoms with Crippen molar-refractivity contribution in [2.24, 2.45) is 5.92 Å². The van der Waals surface area contributed by atoms with Crippen molar-refractivity contribution < 1.29 is 41.1 Å². The van der Waals surface area contributed by atoms with E-state index >= 15 is 0 Å².